The third-order valence-corrected chi connectivity index (χ3v) is 6.83. The van der Waals surface area contributed by atoms with Gasteiger partial charge < -0.3 is 4.74 Å². The molecule has 0 aliphatic heterocycles. The van der Waals surface area contributed by atoms with E-state index in [-0.39, 0.29) is 10.8 Å². The van der Waals surface area contributed by atoms with E-state index >= 15 is 0 Å². The second kappa shape index (κ2) is 9.84. The first kappa shape index (κ1) is 21.9. The molecule has 0 unspecified atom stereocenters. The predicted molar refractivity (Wildman–Crippen MR) is 122 cm³/mol. The van der Waals surface area contributed by atoms with E-state index in [0.717, 1.165) is 10.4 Å². The zero-order valence-corrected chi connectivity index (χ0v) is 19.0. The summed E-state index contributed by atoms with van der Waals surface area (Å²) in [4.78, 5) is 1.35. The summed E-state index contributed by atoms with van der Waals surface area (Å²) < 4.78 is 33.5. The summed E-state index contributed by atoms with van der Waals surface area (Å²) >= 11 is 1.63. The first-order valence-electron chi connectivity index (χ1n) is 9.71. The van der Waals surface area contributed by atoms with Crippen molar-refractivity contribution in [2.75, 3.05) is 6.54 Å². The average molecular weight is 440 g/mol. The number of benzene rings is 2. The van der Waals surface area contributed by atoms with Crippen LogP contribution >= 0.6 is 11.3 Å². The molecule has 3 rings (SSSR count). The number of ether oxygens (including phenoxy) is 1. The Morgan fingerprint density at radius 1 is 1.03 bits per heavy atom. The summed E-state index contributed by atoms with van der Waals surface area (Å²) in [6.45, 7) is 6.62. The maximum atomic E-state index is 13.2. The monoisotopic (exact) mass is 439 g/mol. The summed E-state index contributed by atoms with van der Waals surface area (Å²) in [5.41, 5.74) is 1.66. The molecule has 1 heterocycles. The molecule has 0 N–H and O–H groups in total. The molecule has 156 valence electrons. The molecule has 4 nitrogen and oxygen atoms in total. The topological polar surface area (TPSA) is 46.6 Å². The fourth-order valence-corrected chi connectivity index (χ4v) is 4.75. The maximum Gasteiger partial charge on any atom is 0.270 e. The fraction of sp³-hybridized carbons (Fsp3) is 0.250. The lowest BCUT2D eigenvalue weighted by Crippen LogP contribution is -2.30. The van der Waals surface area contributed by atoms with Gasteiger partial charge in [0.05, 0.1) is 10.5 Å². The van der Waals surface area contributed by atoms with E-state index in [9.17, 15) is 8.42 Å². The normalized spacial score (nSPS) is 11.1. The van der Waals surface area contributed by atoms with Crippen LogP contribution in [0, 0.1) is 24.8 Å². The Kier molecular flexibility index (Phi) is 7.20. The summed E-state index contributed by atoms with van der Waals surface area (Å²) in [6.07, 6.45) is 0. The third kappa shape index (κ3) is 5.65. The van der Waals surface area contributed by atoms with Crippen LogP contribution in [0.2, 0.25) is 0 Å². The molecular formula is C24H25NO3S2. The summed E-state index contributed by atoms with van der Waals surface area (Å²) in [5.74, 6) is 3.78. The standard InChI is InChI=1S/C24H25NO3S2/c1-19(2)17-25(30(26,27)23-12-10-20(3)11-13-23)15-14-21-7-4-5-9-24(21)28-18-22-8-6-16-29-22/h4-13,16,19H,17-18H2,1-3H3. The molecule has 0 spiro atoms. The minimum absolute atomic E-state index is 0.129. The van der Waals surface area contributed by atoms with Crippen LogP contribution in [0.5, 0.6) is 5.75 Å². The Bertz CT molecular complexity index is 1120. The van der Waals surface area contributed by atoms with Gasteiger partial charge in [0.1, 0.15) is 12.4 Å². The van der Waals surface area contributed by atoms with Crippen LogP contribution in [0.25, 0.3) is 0 Å². The van der Waals surface area contributed by atoms with Gasteiger partial charge in [0.25, 0.3) is 10.0 Å². The van der Waals surface area contributed by atoms with Gasteiger partial charge in [-0.3, -0.25) is 0 Å². The third-order valence-electron chi connectivity index (χ3n) is 4.29. The van der Waals surface area contributed by atoms with Gasteiger partial charge in [0.15, 0.2) is 0 Å². The number of hydrogen-bond donors (Lipinski definition) is 0. The quantitative estimate of drug-likeness (QED) is 0.371. The van der Waals surface area contributed by atoms with Crippen molar-refractivity contribution in [2.45, 2.75) is 32.3 Å². The Labute approximate surface area is 183 Å². The second-order valence-electron chi connectivity index (χ2n) is 7.34. The highest BCUT2D eigenvalue weighted by molar-refractivity contribution is 7.89. The molecule has 0 bridgehead atoms. The largest absolute Gasteiger partial charge is 0.487 e. The highest BCUT2D eigenvalue weighted by Crippen LogP contribution is 2.21. The number of rotatable bonds is 7. The molecule has 0 saturated heterocycles. The van der Waals surface area contributed by atoms with Crippen molar-refractivity contribution in [1.29, 1.82) is 0 Å². The molecule has 0 aliphatic rings. The minimum Gasteiger partial charge on any atom is -0.487 e. The average Bonchev–Trinajstić information content (AvgIpc) is 3.24. The number of nitrogens with zero attached hydrogens (tertiary/aromatic N) is 1. The number of thiophene rings is 1. The van der Waals surface area contributed by atoms with Crippen LogP contribution in [0.15, 0.2) is 70.9 Å². The van der Waals surface area contributed by atoms with Crippen molar-refractivity contribution < 1.29 is 13.2 Å². The lowest BCUT2D eigenvalue weighted by molar-refractivity contribution is 0.309. The van der Waals surface area contributed by atoms with E-state index in [1.807, 2.05) is 62.5 Å². The van der Waals surface area contributed by atoms with Crippen LogP contribution in [0.1, 0.15) is 29.9 Å². The van der Waals surface area contributed by atoms with E-state index in [0.29, 0.717) is 24.5 Å². The van der Waals surface area contributed by atoms with Crippen molar-refractivity contribution in [3.63, 3.8) is 0 Å². The number of hydrogen-bond acceptors (Lipinski definition) is 4. The van der Waals surface area contributed by atoms with Gasteiger partial charge in [-0.2, -0.15) is 0 Å². The fourth-order valence-electron chi connectivity index (χ4n) is 2.73. The Morgan fingerprint density at radius 3 is 2.43 bits per heavy atom. The summed E-state index contributed by atoms with van der Waals surface area (Å²) in [5, 5.41) is 2.00. The van der Waals surface area contributed by atoms with Crippen molar-refractivity contribution in [1.82, 2.24) is 4.31 Å². The first-order chi connectivity index (χ1) is 14.4. The Morgan fingerprint density at radius 2 is 1.77 bits per heavy atom. The zero-order chi connectivity index (χ0) is 21.6. The van der Waals surface area contributed by atoms with Crippen LogP contribution in [0.3, 0.4) is 0 Å². The van der Waals surface area contributed by atoms with E-state index in [1.165, 1.54) is 4.31 Å². The van der Waals surface area contributed by atoms with Gasteiger partial charge in [-0.1, -0.05) is 49.7 Å². The van der Waals surface area contributed by atoms with E-state index in [4.69, 9.17) is 4.74 Å². The molecule has 0 saturated carbocycles. The van der Waals surface area contributed by atoms with E-state index in [1.54, 1.807) is 35.6 Å². The highest BCUT2D eigenvalue weighted by atomic mass is 32.2. The van der Waals surface area contributed by atoms with Gasteiger partial charge in [-0.25, -0.2) is 12.7 Å². The number of aryl methyl sites for hydroxylation is 1. The van der Waals surface area contributed by atoms with Gasteiger partial charge in [0, 0.05) is 17.5 Å². The maximum absolute atomic E-state index is 13.2. The molecule has 0 radical (unpaired) electrons. The zero-order valence-electron chi connectivity index (χ0n) is 17.3. The molecule has 3 aromatic rings. The minimum atomic E-state index is -3.72. The van der Waals surface area contributed by atoms with Gasteiger partial charge >= 0.3 is 0 Å². The molecule has 0 atom stereocenters. The van der Waals surface area contributed by atoms with Crippen molar-refractivity contribution in [2.24, 2.45) is 5.92 Å². The molecule has 30 heavy (non-hydrogen) atoms. The SMILES string of the molecule is Cc1ccc(S(=O)(=O)N(C#Cc2ccccc2OCc2cccs2)CC(C)C)cc1. The highest BCUT2D eigenvalue weighted by Gasteiger charge is 2.23. The van der Waals surface area contributed by atoms with Crippen molar-refractivity contribution >= 4 is 21.4 Å². The van der Waals surface area contributed by atoms with Crippen LogP contribution in [0.4, 0.5) is 0 Å². The lowest BCUT2D eigenvalue weighted by atomic mass is 10.2. The Balaban J connectivity index is 1.89. The van der Waals surface area contributed by atoms with Crippen molar-refractivity contribution in [3.8, 4) is 17.7 Å². The van der Waals surface area contributed by atoms with Gasteiger partial charge in [-0.15, -0.1) is 11.3 Å². The van der Waals surface area contributed by atoms with E-state index in [2.05, 4.69) is 12.0 Å². The van der Waals surface area contributed by atoms with Crippen molar-refractivity contribution in [3.05, 3.63) is 82.0 Å². The molecule has 0 fully saturated rings. The Hall–Kier alpha value is -2.75. The molecule has 0 amide bonds. The molecule has 2 aromatic carbocycles. The van der Waals surface area contributed by atoms with Gasteiger partial charge in [0.2, 0.25) is 0 Å². The van der Waals surface area contributed by atoms with E-state index < -0.39 is 10.0 Å². The van der Waals surface area contributed by atoms with Gasteiger partial charge in [-0.05, 0) is 54.5 Å². The van der Waals surface area contributed by atoms with Crippen LogP contribution in [-0.4, -0.2) is 19.3 Å². The molecule has 1 aromatic heterocycles. The summed E-state index contributed by atoms with van der Waals surface area (Å²) in [7, 11) is -3.72. The first-order valence-corrected chi connectivity index (χ1v) is 12.0. The summed E-state index contributed by atoms with van der Waals surface area (Å²) in [6, 6.07) is 21.1. The lowest BCUT2D eigenvalue weighted by Gasteiger charge is -2.20. The van der Waals surface area contributed by atoms with Crippen LogP contribution in [-0.2, 0) is 16.6 Å². The van der Waals surface area contributed by atoms with Crippen LogP contribution < -0.4 is 4.74 Å². The second-order valence-corrected chi connectivity index (χ2v) is 10.2. The smallest absolute Gasteiger partial charge is 0.270 e. The molecule has 0 aliphatic carbocycles. The number of para-hydroxylation sites is 1. The number of sulfonamides is 1. The molecular weight excluding hydrogens is 414 g/mol. The predicted octanol–water partition coefficient (Wildman–Crippen LogP) is 5.29. The molecule has 6 heteroatoms.